The third kappa shape index (κ3) is 4.60. The molecule has 0 aliphatic carbocycles. The van der Waals surface area contributed by atoms with Crippen molar-refractivity contribution in [3.63, 3.8) is 0 Å². The molecule has 0 radical (unpaired) electrons. The van der Waals surface area contributed by atoms with Crippen molar-refractivity contribution < 1.29 is 4.79 Å². The number of carbonyl (C=O) groups excluding carboxylic acids is 1. The Morgan fingerprint density at radius 1 is 1.14 bits per heavy atom. The van der Waals surface area contributed by atoms with Crippen molar-refractivity contribution in [3.8, 4) is 0 Å². The molecule has 3 nitrogen and oxygen atoms in total. The van der Waals surface area contributed by atoms with Crippen molar-refractivity contribution in [1.29, 1.82) is 0 Å². The molecule has 0 saturated heterocycles. The average Bonchev–Trinajstić information content (AvgIpc) is 2.48. The summed E-state index contributed by atoms with van der Waals surface area (Å²) >= 11 is 3.41. The van der Waals surface area contributed by atoms with Crippen molar-refractivity contribution in [2.24, 2.45) is 0 Å². The second kappa shape index (κ2) is 7.27. The van der Waals surface area contributed by atoms with Gasteiger partial charge in [-0.3, -0.25) is 4.79 Å². The van der Waals surface area contributed by atoms with E-state index in [1.165, 1.54) is 0 Å². The van der Waals surface area contributed by atoms with Crippen LogP contribution >= 0.6 is 15.9 Å². The van der Waals surface area contributed by atoms with Gasteiger partial charge in [-0.2, -0.15) is 0 Å². The van der Waals surface area contributed by atoms with Gasteiger partial charge < -0.3 is 10.2 Å². The van der Waals surface area contributed by atoms with Gasteiger partial charge in [-0.25, -0.2) is 0 Å². The fourth-order valence-electron chi connectivity index (χ4n) is 2.11. The summed E-state index contributed by atoms with van der Waals surface area (Å²) in [4.78, 5) is 14.0. The first-order chi connectivity index (χ1) is 10.1. The summed E-state index contributed by atoms with van der Waals surface area (Å²) in [5, 5.41) is 3.02. The Morgan fingerprint density at radius 2 is 1.76 bits per heavy atom. The Labute approximate surface area is 134 Å². The van der Waals surface area contributed by atoms with Gasteiger partial charge in [0.05, 0.1) is 12.6 Å². The van der Waals surface area contributed by atoms with Crippen LogP contribution in [0.2, 0.25) is 0 Å². The van der Waals surface area contributed by atoms with Gasteiger partial charge in [0.25, 0.3) is 0 Å². The summed E-state index contributed by atoms with van der Waals surface area (Å²) in [6.45, 7) is 2.33. The first-order valence-corrected chi connectivity index (χ1v) is 7.66. The summed E-state index contributed by atoms with van der Waals surface area (Å²) in [5.41, 5.74) is 2.12. The Morgan fingerprint density at radius 3 is 2.38 bits per heavy atom. The van der Waals surface area contributed by atoms with E-state index in [0.29, 0.717) is 6.54 Å². The minimum Gasteiger partial charge on any atom is -0.365 e. The highest BCUT2D eigenvalue weighted by atomic mass is 79.9. The van der Waals surface area contributed by atoms with E-state index in [1.54, 1.807) is 0 Å². The topological polar surface area (TPSA) is 32.3 Å². The minimum absolute atomic E-state index is 0.00484. The molecule has 0 unspecified atom stereocenters. The Kier molecular flexibility index (Phi) is 5.39. The molecule has 0 saturated carbocycles. The Bertz CT molecular complexity index is 583. The summed E-state index contributed by atoms with van der Waals surface area (Å²) in [5.74, 6) is 0.0109. The Balaban J connectivity index is 1.91. The van der Waals surface area contributed by atoms with Crippen molar-refractivity contribution in [1.82, 2.24) is 5.32 Å². The number of halogens is 1. The van der Waals surface area contributed by atoms with E-state index in [9.17, 15) is 4.79 Å². The van der Waals surface area contributed by atoms with Crippen molar-refractivity contribution in [2.45, 2.75) is 13.0 Å². The number of anilines is 1. The van der Waals surface area contributed by atoms with Crippen LogP contribution in [0.5, 0.6) is 0 Å². The van der Waals surface area contributed by atoms with Crippen LogP contribution in [0.15, 0.2) is 59.1 Å². The molecule has 0 bridgehead atoms. The molecule has 0 fully saturated rings. The van der Waals surface area contributed by atoms with E-state index >= 15 is 0 Å². The number of para-hydroxylation sites is 1. The van der Waals surface area contributed by atoms with Crippen LogP contribution < -0.4 is 10.2 Å². The zero-order chi connectivity index (χ0) is 15.2. The molecule has 1 N–H and O–H groups in total. The molecule has 110 valence electrons. The van der Waals surface area contributed by atoms with Crippen molar-refractivity contribution >= 4 is 27.5 Å². The van der Waals surface area contributed by atoms with Gasteiger partial charge in [0.1, 0.15) is 0 Å². The van der Waals surface area contributed by atoms with Crippen molar-refractivity contribution in [3.05, 3.63) is 64.6 Å². The predicted octanol–water partition coefficient (Wildman–Crippen LogP) is 3.76. The number of amides is 1. The minimum atomic E-state index is -0.00484. The number of benzene rings is 2. The number of nitrogens with one attached hydrogen (secondary N) is 1. The SMILES string of the molecule is C[C@@H](NC(=O)CN(C)c1ccccc1)c1ccc(Br)cc1. The van der Waals surface area contributed by atoms with Crippen LogP contribution in [-0.4, -0.2) is 19.5 Å². The number of nitrogens with zero attached hydrogens (tertiary/aromatic N) is 1. The highest BCUT2D eigenvalue weighted by Gasteiger charge is 2.11. The third-order valence-corrected chi connectivity index (χ3v) is 3.85. The smallest absolute Gasteiger partial charge is 0.239 e. The second-order valence-corrected chi connectivity index (χ2v) is 5.95. The molecule has 0 heterocycles. The molecule has 0 aliphatic rings. The zero-order valence-corrected chi connectivity index (χ0v) is 13.8. The number of hydrogen-bond acceptors (Lipinski definition) is 2. The van der Waals surface area contributed by atoms with Crippen LogP contribution in [0.3, 0.4) is 0 Å². The lowest BCUT2D eigenvalue weighted by atomic mass is 10.1. The first-order valence-electron chi connectivity index (χ1n) is 6.87. The molecular formula is C17H19BrN2O. The van der Waals surface area contributed by atoms with Crippen LogP contribution in [0.1, 0.15) is 18.5 Å². The quantitative estimate of drug-likeness (QED) is 0.893. The summed E-state index contributed by atoms with van der Waals surface area (Å²) in [7, 11) is 1.92. The number of hydrogen-bond donors (Lipinski definition) is 1. The maximum absolute atomic E-state index is 12.1. The van der Waals surface area contributed by atoms with E-state index in [2.05, 4.69) is 21.2 Å². The maximum Gasteiger partial charge on any atom is 0.239 e. The van der Waals surface area contributed by atoms with Gasteiger partial charge in [0, 0.05) is 17.2 Å². The standard InChI is InChI=1S/C17H19BrN2O/c1-13(14-8-10-15(18)11-9-14)19-17(21)12-20(2)16-6-4-3-5-7-16/h3-11,13H,12H2,1-2H3,(H,19,21)/t13-/m1/s1. The monoisotopic (exact) mass is 346 g/mol. The second-order valence-electron chi connectivity index (χ2n) is 5.03. The average molecular weight is 347 g/mol. The highest BCUT2D eigenvalue weighted by Crippen LogP contribution is 2.16. The molecule has 2 rings (SSSR count). The number of likely N-dealkylation sites (N-methyl/N-ethyl adjacent to an activating group) is 1. The van der Waals surface area contributed by atoms with Gasteiger partial charge in [-0.1, -0.05) is 46.3 Å². The summed E-state index contributed by atoms with van der Waals surface area (Å²) in [6.07, 6.45) is 0. The number of rotatable bonds is 5. The normalized spacial score (nSPS) is 11.8. The van der Waals surface area contributed by atoms with E-state index in [0.717, 1.165) is 15.7 Å². The first kappa shape index (κ1) is 15.6. The largest absolute Gasteiger partial charge is 0.365 e. The molecule has 0 spiro atoms. The van der Waals surface area contributed by atoms with E-state index in [1.807, 2.05) is 73.5 Å². The molecule has 4 heteroatoms. The lowest BCUT2D eigenvalue weighted by Gasteiger charge is -2.21. The number of carbonyl (C=O) groups is 1. The van der Waals surface area contributed by atoms with Crippen molar-refractivity contribution in [2.75, 3.05) is 18.5 Å². The van der Waals surface area contributed by atoms with Crippen LogP contribution in [-0.2, 0) is 4.79 Å². The van der Waals surface area contributed by atoms with Gasteiger partial charge in [0.15, 0.2) is 0 Å². The predicted molar refractivity (Wildman–Crippen MR) is 90.4 cm³/mol. The van der Waals surface area contributed by atoms with Gasteiger partial charge in [-0.15, -0.1) is 0 Å². The summed E-state index contributed by atoms with van der Waals surface area (Å²) in [6, 6.07) is 17.9. The molecule has 2 aromatic rings. The zero-order valence-electron chi connectivity index (χ0n) is 12.2. The van der Waals surface area contributed by atoms with Crippen LogP contribution in [0.4, 0.5) is 5.69 Å². The summed E-state index contributed by atoms with van der Waals surface area (Å²) < 4.78 is 1.04. The fourth-order valence-corrected chi connectivity index (χ4v) is 2.38. The molecule has 1 amide bonds. The molecule has 0 aromatic heterocycles. The van der Waals surface area contributed by atoms with Crippen LogP contribution in [0, 0.1) is 0 Å². The van der Waals surface area contributed by atoms with Gasteiger partial charge >= 0.3 is 0 Å². The van der Waals surface area contributed by atoms with Gasteiger partial charge in [0.2, 0.25) is 5.91 Å². The molecule has 2 aromatic carbocycles. The molecular weight excluding hydrogens is 328 g/mol. The van der Waals surface area contributed by atoms with E-state index in [4.69, 9.17) is 0 Å². The fraction of sp³-hybridized carbons (Fsp3) is 0.235. The highest BCUT2D eigenvalue weighted by molar-refractivity contribution is 9.10. The van der Waals surface area contributed by atoms with E-state index < -0.39 is 0 Å². The maximum atomic E-state index is 12.1. The molecule has 0 aliphatic heterocycles. The lowest BCUT2D eigenvalue weighted by Crippen LogP contribution is -2.36. The molecule has 21 heavy (non-hydrogen) atoms. The molecule has 1 atom stereocenters. The van der Waals surface area contributed by atoms with Crippen LogP contribution in [0.25, 0.3) is 0 Å². The Hall–Kier alpha value is -1.81. The van der Waals surface area contributed by atoms with Gasteiger partial charge in [-0.05, 0) is 36.8 Å². The third-order valence-electron chi connectivity index (χ3n) is 3.33. The lowest BCUT2D eigenvalue weighted by molar-refractivity contribution is -0.120. The van der Waals surface area contributed by atoms with E-state index in [-0.39, 0.29) is 11.9 Å².